The first kappa shape index (κ1) is 13.4. The van der Waals surface area contributed by atoms with E-state index >= 15 is 0 Å². The van der Waals surface area contributed by atoms with Crippen LogP contribution in [0, 0.1) is 0 Å². The number of fused-ring (bicyclic) bond motifs is 1. The molecule has 1 aliphatic rings. The summed E-state index contributed by atoms with van der Waals surface area (Å²) >= 11 is 0. The van der Waals surface area contributed by atoms with Crippen molar-refractivity contribution in [1.82, 2.24) is 9.97 Å². The number of anilines is 3. The van der Waals surface area contributed by atoms with Crippen LogP contribution in [0.15, 0.2) is 30.6 Å². The van der Waals surface area contributed by atoms with Gasteiger partial charge in [0.25, 0.3) is 0 Å². The average molecular weight is 288 g/mol. The van der Waals surface area contributed by atoms with E-state index in [1.54, 1.807) is 7.11 Å². The van der Waals surface area contributed by atoms with Crippen molar-refractivity contribution in [1.29, 1.82) is 0 Å². The third-order valence-electron chi connectivity index (χ3n) is 2.92. The normalized spacial score (nSPS) is 12.2. The van der Waals surface area contributed by atoms with Crippen molar-refractivity contribution < 1.29 is 14.2 Å². The van der Waals surface area contributed by atoms with Crippen LogP contribution in [-0.4, -0.2) is 37.0 Å². The molecule has 0 radical (unpaired) electrons. The zero-order chi connectivity index (χ0) is 14.5. The van der Waals surface area contributed by atoms with Crippen LogP contribution in [0.1, 0.15) is 0 Å². The molecule has 2 N–H and O–H groups in total. The molecule has 0 amide bonds. The van der Waals surface area contributed by atoms with Crippen LogP contribution in [0.25, 0.3) is 0 Å². The Morgan fingerprint density at radius 1 is 1.14 bits per heavy atom. The minimum Gasteiger partial charge on any atom is -0.454 e. The summed E-state index contributed by atoms with van der Waals surface area (Å²) in [7, 11) is 1.66. The first-order chi connectivity index (χ1) is 10.3. The molecule has 1 aromatic heterocycles. The third kappa shape index (κ3) is 3.32. The van der Waals surface area contributed by atoms with Crippen LogP contribution >= 0.6 is 0 Å². The molecule has 2 heterocycles. The molecule has 0 saturated heterocycles. The summed E-state index contributed by atoms with van der Waals surface area (Å²) in [5.74, 6) is 2.92. The third-order valence-corrected chi connectivity index (χ3v) is 2.92. The molecule has 3 rings (SSSR count). The number of hydrogen-bond donors (Lipinski definition) is 2. The van der Waals surface area contributed by atoms with Crippen molar-refractivity contribution in [2.45, 2.75) is 0 Å². The number of aromatic nitrogens is 2. The molecule has 0 bridgehead atoms. The second-order valence-electron chi connectivity index (χ2n) is 4.40. The molecule has 110 valence electrons. The first-order valence-corrected chi connectivity index (χ1v) is 6.57. The van der Waals surface area contributed by atoms with E-state index in [9.17, 15) is 0 Å². The van der Waals surface area contributed by atoms with Crippen molar-refractivity contribution in [3.8, 4) is 11.5 Å². The van der Waals surface area contributed by atoms with Gasteiger partial charge in [0.2, 0.25) is 6.79 Å². The lowest BCUT2D eigenvalue weighted by Gasteiger charge is -2.08. The van der Waals surface area contributed by atoms with E-state index in [-0.39, 0.29) is 6.79 Å². The van der Waals surface area contributed by atoms with Crippen LogP contribution in [-0.2, 0) is 4.74 Å². The van der Waals surface area contributed by atoms with Gasteiger partial charge in [-0.2, -0.15) is 0 Å². The Morgan fingerprint density at radius 2 is 2.00 bits per heavy atom. The summed E-state index contributed by atoms with van der Waals surface area (Å²) in [5, 5.41) is 6.36. The van der Waals surface area contributed by atoms with Gasteiger partial charge in [0.15, 0.2) is 11.5 Å². The maximum absolute atomic E-state index is 5.34. The summed E-state index contributed by atoms with van der Waals surface area (Å²) < 4.78 is 15.6. The summed E-state index contributed by atoms with van der Waals surface area (Å²) in [6.45, 7) is 1.58. The molecule has 1 aromatic carbocycles. The predicted octanol–water partition coefficient (Wildman–Crippen LogP) is 2.01. The highest BCUT2D eigenvalue weighted by Crippen LogP contribution is 2.34. The van der Waals surface area contributed by atoms with Gasteiger partial charge < -0.3 is 24.8 Å². The topological polar surface area (TPSA) is 77.5 Å². The van der Waals surface area contributed by atoms with Gasteiger partial charge in [-0.1, -0.05) is 0 Å². The highest BCUT2D eigenvalue weighted by molar-refractivity contribution is 5.63. The van der Waals surface area contributed by atoms with Crippen molar-refractivity contribution in [2.75, 3.05) is 37.7 Å². The Hall–Kier alpha value is -2.54. The fourth-order valence-corrected chi connectivity index (χ4v) is 1.93. The lowest BCUT2D eigenvalue weighted by molar-refractivity contribution is 0.174. The van der Waals surface area contributed by atoms with E-state index in [1.165, 1.54) is 6.33 Å². The van der Waals surface area contributed by atoms with E-state index in [0.29, 0.717) is 19.0 Å². The monoisotopic (exact) mass is 288 g/mol. The Balaban J connectivity index is 1.68. The highest BCUT2D eigenvalue weighted by Gasteiger charge is 2.13. The Morgan fingerprint density at radius 3 is 2.90 bits per heavy atom. The second kappa shape index (κ2) is 6.27. The summed E-state index contributed by atoms with van der Waals surface area (Å²) in [4.78, 5) is 8.34. The predicted molar refractivity (Wildman–Crippen MR) is 78.2 cm³/mol. The summed E-state index contributed by atoms with van der Waals surface area (Å²) in [6, 6.07) is 7.49. The lowest BCUT2D eigenvalue weighted by Crippen LogP contribution is -2.09. The van der Waals surface area contributed by atoms with Crippen LogP contribution in [0.2, 0.25) is 0 Å². The maximum atomic E-state index is 5.34. The number of nitrogens with zero attached hydrogens (tertiary/aromatic N) is 2. The Kier molecular flexibility index (Phi) is 4.02. The molecule has 0 saturated carbocycles. The number of ether oxygens (including phenoxy) is 3. The lowest BCUT2D eigenvalue weighted by atomic mass is 10.3. The molecule has 2 aromatic rings. The van der Waals surface area contributed by atoms with Gasteiger partial charge in [0.1, 0.15) is 18.0 Å². The van der Waals surface area contributed by atoms with Crippen LogP contribution in [0.5, 0.6) is 11.5 Å². The molecule has 21 heavy (non-hydrogen) atoms. The molecule has 7 heteroatoms. The Labute approximate surface area is 122 Å². The Bertz CT molecular complexity index is 621. The van der Waals surface area contributed by atoms with E-state index in [1.807, 2.05) is 24.3 Å². The summed E-state index contributed by atoms with van der Waals surface area (Å²) in [6.07, 6.45) is 1.50. The molecule has 0 unspecified atom stereocenters. The van der Waals surface area contributed by atoms with Crippen molar-refractivity contribution >= 4 is 17.3 Å². The summed E-state index contributed by atoms with van der Waals surface area (Å²) in [5.41, 5.74) is 0.876. The molecule has 0 aliphatic carbocycles. The highest BCUT2D eigenvalue weighted by atomic mass is 16.7. The molecule has 7 nitrogen and oxygen atoms in total. The average Bonchev–Trinajstić information content (AvgIpc) is 2.95. The van der Waals surface area contributed by atoms with Gasteiger partial charge in [-0.05, 0) is 12.1 Å². The largest absolute Gasteiger partial charge is 0.454 e. The molecule has 1 aliphatic heterocycles. The van der Waals surface area contributed by atoms with E-state index in [4.69, 9.17) is 14.2 Å². The minimum absolute atomic E-state index is 0.264. The van der Waals surface area contributed by atoms with Gasteiger partial charge in [0, 0.05) is 31.5 Å². The molecule has 0 atom stereocenters. The zero-order valence-electron chi connectivity index (χ0n) is 11.6. The number of rotatable bonds is 6. The van der Waals surface area contributed by atoms with E-state index in [2.05, 4.69) is 20.6 Å². The smallest absolute Gasteiger partial charge is 0.231 e. The van der Waals surface area contributed by atoms with Crippen molar-refractivity contribution in [3.63, 3.8) is 0 Å². The van der Waals surface area contributed by atoms with Gasteiger partial charge in [-0.3, -0.25) is 0 Å². The van der Waals surface area contributed by atoms with Gasteiger partial charge >= 0.3 is 0 Å². The number of hydrogen-bond acceptors (Lipinski definition) is 7. The number of nitrogens with one attached hydrogen (secondary N) is 2. The van der Waals surface area contributed by atoms with Crippen molar-refractivity contribution in [2.24, 2.45) is 0 Å². The van der Waals surface area contributed by atoms with Crippen LogP contribution < -0.4 is 20.1 Å². The van der Waals surface area contributed by atoms with Gasteiger partial charge in [-0.15, -0.1) is 0 Å². The molecular formula is C14H16N4O3. The fourth-order valence-electron chi connectivity index (χ4n) is 1.93. The second-order valence-corrected chi connectivity index (χ2v) is 4.40. The molecule has 0 fully saturated rings. The van der Waals surface area contributed by atoms with Gasteiger partial charge in [0.05, 0.1) is 6.61 Å². The minimum atomic E-state index is 0.264. The zero-order valence-corrected chi connectivity index (χ0v) is 11.6. The van der Waals surface area contributed by atoms with E-state index < -0.39 is 0 Å². The van der Waals surface area contributed by atoms with E-state index in [0.717, 1.165) is 23.0 Å². The molecule has 0 spiro atoms. The number of methoxy groups -OCH3 is 1. The first-order valence-electron chi connectivity index (χ1n) is 6.57. The maximum Gasteiger partial charge on any atom is 0.231 e. The van der Waals surface area contributed by atoms with Crippen molar-refractivity contribution in [3.05, 3.63) is 30.6 Å². The fraction of sp³-hybridized carbons (Fsp3) is 0.286. The number of benzene rings is 1. The van der Waals surface area contributed by atoms with Crippen LogP contribution in [0.3, 0.4) is 0 Å². The standard InChI is InChI=1S/C14H16N4O3/c1-19-5-4-15-13-7-14(17-8-16-13)18-10-2-3-11-12(6-10)21-9-20-11/h2-3,6-8H,4-5,9H2,1H3,(H2,15,16,17,18). The quantitative estimate of drug-likeness (QED) is 0.787. The van der Waals surface area contributed by atoms with Crippen LogP contribution in [0.4, 0.5) is 17.3 Å². The SMILES string of the molecule is COCCNc1cc(Nc2ccc3c(c2)OCO3)ncn1. The molecular weight excluding hydrogens is 272 g/mol. The van der Waals surface area contributed by atoms with Gasteiger partial charge in [-0.25, -0.2) is 9.97 Å².